The molecule has 1 saturated carbocycles. The van der Waals surface area contributed by atoms with Crippen LogP contribution in [0.15, 0.2) is 24.3 Å². The van der Waals surface area contributed by atoms with E-state index in [-0.39, 0.29) is 29.8 Å². The SMILES string of the molecule is CCCN(CCC)C(=O)C1CCC(C(=O)Nc2ccc(OC(C)C)cc2)CC1. The molecule has 0 unspecified atom stereocenters. The van der Waals surface area contributed by atoms with E-state index in [1.807, 2.05) is 43.0 Å². The average molecular weight is 389 g/mol. The van der Waals surface area contributed by atoms with Crippen LogP contribution in [0.25, 0.3) is 0 Å². The summed E-state index contributed by atoms with van der Waals surface area (Å²) in [6.07, 6.45) is 5.29. The zero-order valence-electron chi connectivity index (χ0n) is 17.9. The van der Waals surface area contributed by atoms with E-state index in [9.17, 15) is 9.59 Å². The van der Waals surface area contributed by atoms with E-state index in [0.29, 0.717) is 0 Å². The van der Waals surface area contributed by atoms with E-state index in [1.165, 1.54) is 0 Å². The molecule has 5 heteroatoms. The van der Waals surface area contributed by atoms with Crippen molar-refractivity contribution in [1.82, 2.24) is 4.90 Å². The fraction of sp³-hybridized carbons (Fsp3) is 0.652. The Morgan fingerprint density at radius 1 is 1.00 bits per heavy atom. The molecule has 0 aliphatic heterocycles. The summed E-state index contributed by atoms with van der Waals surface area (Å²) >= 11 is 0. The van der Waals surface area contributed by atoms with Crippen molar-refractivity contribution in [2.45, 2.75) is 72.3 Å². The maximum absolute atomic E-state index is 12.8. The number of hydrogen-bond donors (Lipinski definition) is 1. The fourth-order valence-electron chi connectivity index (χ4n) is 3.87. The van der Waals surface area contributed by atoms with Crippen LogP contribution in [0, 0.1) is 11.8 Å². The molecule has 0 radical (unpaired) electrons. The highest BCUT2D eigenvalue weighted by Gasteiger charge is 2.31. The van der Waals surface area contributed by atoms with Crippen LogP contribution in [-0.2, 0) is 9.59 Å². The number of carbonyl (C=O) groups excluding carboxylic acids is 2. The minimum Gasteiger partial charge on any atom is -0.491 e. The summed E-state index contributed by atoms with van der Waals surface area (Å²) in [7, 11) is 0. The number of anilines is 1. The fourth-order valence-corrected chi connectivity index (χ4v) is 3.87. The van der Waals surface area contributed by atoms with Gasteiger partial charge < -0.3 is 15.0 Å². The van der Waals surface area contributed by atoms with Gasteiger partial charge in [0.1, 0.15) is 5.75 Å². The van der Waals surface area contributed by atoms with Crippen LogP contribution >= 0.6 is 0 Å². The second kappa shape index (κ2) is 11.1. The van der Waals surface area contributed by atoms with Crippen LogP contribution in [0.5, 0.6) is 5.75 Å². The van der Waals surface area contributed by atoms with E-state index >= 15 is 0 Å². The first kappa shape index (κ1) is 22.3. The molecule has 1 aromatic rings. The van der Waals surface area contributed by atoms with Gasteiger partial charge in [-0.25, -0.2) is 0 Å². The molecule has 28 heavy (non-hydrogen) atoms. The summed E-state index contributed by atoms with van der Waals surface area (Å²) in [6, 6.07) is 7.50. The monoisotopic (exact) mass is 388 g/mol. The molecule has 1 aliphatic carbocycles. The zero-order chi connectivity index (χ0) is 20.5. The molecule has 0 spiro atoms. The molecule has 1 aliphatic rings. The minimum absolute atomic E-state index is 0.0126. The molecule has 156 valence electrons. The first-order valence-electron chi connectivity index (χ1n) is 10.8. The lowest BCUT2D eigenvalue weighted by molar-refractivity contribution is -0.138. The van der Waals surface area contributed by atoms with Crippen molar-refractivity contribution in [2.75, 3.05) is 18.4 Å². The van der Waals surface area contributed by atoms with Crippen molar-refractivity contribution >= 4 is 17.5 Å². The second-order valence-electron chi connectivity index (χ2n) is 8.05. The third-order valence-corrected chi connectivity index (χ3v) is 5.24. The van der Waals surface area contributed by atoms with E-state index in [4.69, 9.17) is 4.74 Å². The number of hydrogen-bond acceptors (Lipinski definition) is 3. The Morgan fingerprint density at radius 3 is 2.04 bits per heavy atom. The topological polar surface area (TPSA) is 58.6 Å². The Morgan fingerprint density at radius 2 is 1.54 bits per heavy atom. The summed E-state index contributed by atoms with van der Waals surface area (Å²) in [5.41, 5.74) is 0.788. The van der Waals surface area contributed by atoms with Crippen LogP contribution in [0.3, 0.4) is 0 Å². The van der Waals surface area contributed by atoms with Crippen LogP contribution in [0.4, 0.5) is 5.69 Å². The number of nitrogens with one attached hydrogen (secondary N) is 1. The van der Waals surface area contributed by atoms with Gasteiger partial charge in [-0.2, -0.15) is 0 Å². The number of benzene rings is 1. The first-order valence-corrected chi connectivity index (χ1v) is 10.8. The largest absolute Gasteiger partial charge is 0.491 e. The van der Waals surface area contributed by atoms with Gasteiger partial charge in [0.05, 0.1) is 6.10 Å². The Balaban J connectivity index is 1.83. The van der Waals surface area contributed by atoms with Crippen LogP contribution < -0.4 is 10.1 Å². The third-order valence-electron chi connectivity index (χ3n) is 5.24. The predicted octanol–water partition coefficient (Wildman–Crippen LogP) is 4.87. The van der Waals surface area contributed by atoms with Crippen LogP contribution in [0.1, 0.15) is 66.2 Å². The van der Waals surface area contributed by atoms with Crippen molar-refractivity contribution in [2.24, 2.45) is 11.8 Å². The Kier molecular flexibility index (Phi) is 8.81. The highest BCUT2D eigenvalue weighted by Crippen LogP contribution is 2.31. The van der Waals surface area contributed by atoms with Gasteiger partial charge in [0.2, 0.25) is 11.8 Å². The van der Waals surface area contributed by atoms with Gasteiger partial charge in [-0.15, -0.1) is 0 Å². The smallest absolute Gasteiger partial charge is 0.227 e. The van der Waals surface area contributed by atoms with Crippen molar-refractivity contribution in [3.05, 3.63) is 24.3 Å². The summed E-state index contributed by atoms with van der Waals surface area (Å²) in [4.78, 5) is 27.4. The summed E-state index contributed by atoms with van der Waals surface area (Å²) < 4.78 is 5.63. The predicted molar refractivity (Wildman–Crippen MR) is 113 cm³/mol. The van der Waals surface area contributed by atoms with Crippen LogP contribution in [0.2, 0.25) is 0 Å². The van der Waals surface area contributed by atoms with E-state index < -0.39 is 0 Å². The summed E-state index contributed by atoms with van der Waals surface area (Å²) in [5.74, 6) is 1.21. The molecule has 1 aromatic carbocycles. The number of carbonyl (C=O) groups is 2. The van der Waals surface area contributed by atoms with Crippen LogP contribution in [-0.4, -0.2) is 35.9 Å². The number of amides is 2. The van der Waals surface area contributed by atoms with Gasteiger partial charge >= 0.3 is 0 Å². The maximum atomic E-state index is 12.8. The molecule has 0 atom stereocenters. The van der Waals surface area contributed by atoms with Crippen molar-refractivity contribution in [1.29, 1.82) is 0 Å². The number of nitrogens with zero attached hydrogens (tertiary/aromatic N) is 1. The summed E-state index contributed by atoms with van der Waals surface area (Å²) in [6.45, 7) is 9.87. The highest BCUT2D eigenvalue weighted by molar-refractivity contribution is 5.92. The third kappa shape index (κ3) is 6.54. The van der Waals surface area contributed by atoms with Gasteiger partial charge in [0.25, 0.3) is 0 Å². The molecular formula is C23H36N2O3. The molecule has 0 heterocycles. The van der Waals surface area contributed by atoms with Crippen molar-refractivity contribution in [3.63, 3.8) is 0 Å². The van der Waals surface area contributed by atoms with Crippen molar-refractivity contribution < 1.29 is 14.3 Å². The Bertz CT molecular complexity index is 613. The van der Waals surface area contributed by atoms with Gasteiger partial charge in [0.15, 0.2) is 0 Å². The standard InChI is InChI=1S/C23H36N2O3/c1-5-15-25(16-6-2)23(27)19-9-7-18(8-10-19)22(26)24-20-11-13-21(14-12-20)28-17(3)4/h11-14,17-19H,5-10,15-16H2,1-4H3,(H,24,26). The number of rotatable bonds is 9. The zero-order valence-corrected chi connectivity index (χ0v) is 17.9. The van der Waals surface area contributed by atoms with E-state index in [2.05, 4.69) is 19.2 Å². The molecule has 0 aromatic heterocycles. The van der Waals surface area contributed by atoms with Gasteiger partial charge in [-0.3, -0.25) is 9.59 Å². The van der Waals surface area contributed by atoms with Gasteiger partial charge in [-0.1, -0.05) is 13.8 Å². The maximum Gasteiger partial charge on any atom is 0.227 e. The lowest BCUT2D eigenvalue weighted by atomic mass is 9.80. The van der Waals surface area contributed by atoms with Gasteiger partial charge in [0, 0.05) is 30.6 Å². The molecule has 0 saturated heterocycles. The van der Waals surface area contributed by atoms with Crippen molar-refractivity contribution in [3.8, 4) is 5.75 Å². The Hall–Kier alpha value is -2.04. The summed E-state index contributed by atoms with van der Waals surface area (Å²) in [5, 5.41) is 3.01. The molecule has 2 rings (SSSR count). The molecular weight excluding hydrogens is 352 g/mol. The lowest BCUT2D eigenvalue weighted by Crippen LogP contribution is -2.39. The molecule has 5 nitrogen and oxygen atoms in total. The minimum atomic E-state index is -0.0126. The molecule has 0 bridgehead atoms. The molecule has 2 amide bonds. The lowest BCUT2D eigenvalue weighted by Gasteiger charge is -2.31. The van der Waals surface area contributed by atoms with Gasteiger partial charge in [-0.05, 0) is 76.6 Å². The van der Waals surface area contributed by atoms with E-state index in [1.54, 1.807) is 0 Å². The molecule has 1 fully saturated rings. The quantitative estimate of drug-likeness (QED) is 0.657. The normalized spacial score (nSPS) is 19.3. The van der Waals surface area contributed by atoms with E-state index in [0.717, 1.165) is 63.1 Å². The number of ether oxygens (including phenoxy) is 1. The highest BCUT2D eigenvalue weighted by atomic mass is 16.5. The Labute approximate surface area is 169 Å². The second-order valence-corrected chi connectivity index (χ2v) is 8.05. The average Bonchev–Trinajstić information content (AvgIpc) is 2.68. The first-order chi connectivity index (χ1) is 13.4. The molecule has 1 N–H and O–H groups in total.